The van der Waals surface area contributed by atoms with Crippen molar-refractivity contribution >= 4 is 28.3 Å². The van der Waals surface area contributed by atoms with Crippen LogP contribution in [0, 0.1) is 11.6 Å². The van der Waals surface area contributed by atoms with Gasteiger partial charge in [0.15, 0.2) is 5.65 Å². The van der Waals surface area contributed by atoms with Crippen molar-refractivity contribution in [1.29, 1.82) is 0 Å². The molecule has 0 bridgehead atoms. The Morgan fingerprint density at radius 1 is 1.22 bits per heavy atom. The van der Waals surface area contributed by atoms with E-state index < -0.39 is 29.7 Å². The summed E-state index contributed by atoms with van der Waals surface area (Å²) in [5.74, 6) is -1.02. The first-order chi connectivity index (χ1) is 15.4. The van der Waals surface area contributed by atoms with E-state index >= 15 is 0 Å². The lowest BCUT2D eigenvalue weighted by atomic mass is 10.0. The summed E-state index contributed by atoms with van der Waals surface area (Å²) in [5.41, 5.74) is 1.71. The van der Waals surface area contributed by atoms with Gasteiger partial charge >= 0.3 is 5.97 Å². The molecule has 1 unspecified atom stereocenters. The van der Waals surface area contributed by atoms with E-state index in [-0.39, 0.29) is 25.1 Å². The molecule has 0 spiro atoms. The number of aliphatic hydroxyl groups excluding tert-OH is 1. The van der Waals surface area contributed by atoms with Gasteiger partial charge in [0.2, 0.25) is 0 Å². The normalized spacial score (nSPS) is 18.6. The number of β-amino-alcohol motifs (C(OH)–C–C–N with tert-alkyl or cyclic N) is 1. The molecule has 0 amide bonds. The van der Waals surface area contributed by atoms with Crippen molar-refractivity contribution in [3.8, 4) is 0 Å². The van der Waals surface area contributed by atoms with E-state index in [4.69, 9.17) is 9.72 Å². The highest BCUT2D eigenvalue weighted by atomic mass is 19.1. The zero-order chi connectivity index (χ0) is 22.4. The molecule has 7 nitrogen and oxygen atoms in total. The molecule has 1 aliphatic rings. The molecule has 2 aromatic carbocycles. The number of aliphatic hydroxyl groups is 1. The van der Waals surface area contributed by atoms with Crippen molar-refractivity contribution in [3.63, 3.8) is 0 Å². The van der Waals surface area contributed by atoms with Crippen LogP contribution >= 0.6 is 0 Å². The summed E-state index contributed by atoms with van der Waals surface area (Å²) in [6, 6.07) is 9.50. The van der Waals surface area contributed by atoms with Crippen LogP contribution in [0.2, 0.25) is 0 Å². The summed E-state index contributed by atoms with van der Waals surface area (Å²) in [4.78, 5) is 18.6. The largest absolute Gasteiger partial charge is 0.462 e. The number of esters is 1. The highest BCUT2D eigenvalue weighted by Gasteiger charge is 2.35. The van der Waals surface area contributed by atoms with Gasteiger partial charge in [-0.15, -0.1) is 0 Å². The van der Waals surface area contributed by atoms with Crippen LogP contribution in [0.5, 0.6) is 0 Å². The summed E-state index contributed by atoms with van der Waals surface area (Å²) >= 11 is 0. The Labute approximate surface area is 181 Å². The van der Waals surface area contributed by atoms with Crippen molar-refractivity contribution in [2.24, 2.45) is 0 Å². The van der Waals surface area contributed by atoms with Gasteiger partial charge in [0.1, 0.15) is 17.5 Å². The number of carbonyl (C=O) groups is 1. The average Bonchev–Trinajstić information content (AvgIpc) is 3.35. The van der Waals surface area contributed by atoms with Gasteiger partial charge < -0.3 is 14.7 Å². The maximum atomic E-state index is 14.5. The minimum atomic E-state index is -0.710. The van der Waals surface area contributed by atoms with E-state index in [1.54, 1.807) is 46.8 Å². The van der Waals surface area contributed by atoms with Crippen molar-refractivity contribution < 1.29 is 23.4 Å². The van der Waals surface area contributed by atoms with E-state index in [1.165, 1.54) is 0 Å². The fourth-order valence-electron chi connectivity index (χ4n) is 4.22. The van der Waals surface area contributed by atoms with Crippen LogP contribution in [0.1, 0.15) is 35.3 Å². The minimum Gasteiger partial charge on any atom is -0.462 e. The smallest absolute Gasteiger partial charge is 0.338 e. The number of benzene rings is 2. The lowest BCUT2D eigenvalue weighted by Gasteiger charge is -2.26. The molecule has 2 aromatic heterocycles. The highest BCUT2D eigenvalue weighted by Crippen LogP contribution is 2.37. The topological polar surface area (TPSA) is 80.0 Å². The van der Waals surface area contributed by atoms with Crippen LogP contribution in [0.15, 0.2) is 48.7 Å². The number of fused-ring (bicyclic) bond motifs is 3. The third kappa shape index (κ3) is 3.44. The van der Waals surface area contributed by atoms with Gasteiger partial charge in [0.25, 0.3) is 0 Å². The van der Waals surface area contributed by atoms with Crippen molar-refractivity contribution in [2.75, 3.05) is 18.1 Å². The predicted octanol–water partition coefficient (Wildman–Crippen LogP) is 3.65. The zero-order valence-corrected chi connectivity index (χ0v) is 17.2. The number of rotatable bonds is 4. The Kier molecular flexibility index (Phi) is 4.97. The second kappa shape index (κ2) is 7.83. The van der Waals surface area contributed by atoms with Crippen LogP contribution < -0.4 is 4.90 Å². The molecule has 0 aliphatic carbocycles. The quantitative estimate of drug-likeness (QED) is 0.490. The second-order valence-electron chi connectivity index (χ2n) is 7.73. The Bertz CT molecular complexity index is 1340. The van der Waals surface area contributed by atoms with Crippen molar-refractivity contribution in [3.05, 3.63) is 71.4 Å². The Morgan fingerprint density at radius 2 is 2.06 bits per heavy atom. The molecule has 0 radical (unpaired) electrons. The summed E-state index contributed by atoms with van der Waals surface area (Å²) in [7, 11) is 0. The number of hydrogen-bond acceptors (Lipinski definition) is 6. The first kappa shape index (κ1) is 20.3. The minimum absolute atomic E-state index is 0.172. The highest BCUT2D eigenvalue weighted by molar-refractivity contribution is 5.99. The molecule has 0 saturated carbocycles. The number of ether oxygens (including phenoxy) is 1. The Balaban J connectivity index is 1.59. The first-order valence-electron chi connectivity index (χ1n) is 10.3. The lowest BCUT2D eigenvalue weighted by Crippen LogP contribution is -2.26. The average molecular weight is 438 g/mol. The van der Waals surface area contributed by atoms with Crippen LogP contribution in [0.4, 0.5) is 14.6 Å². The molecule has 1 saturated heterocycles. The number of nitrogens with zero attached hydrogens (tertiary/aromatic N) is 4. The standard InChI is InChI=1S/C23H20F2N4O3/c1-2-32-23(31)13-3-6-19-17(9-13)22-26-21(7-8-29(22)27-19)28-12-15(30)11-20(28)16-10-14(24)4-5-18(16)25/h3-10,15,20,30H,2,11-12H2,1H3/t15-,20?/m1/s1. The zero-order valence-electron chi connectivity index (χ0n) is 17.2. The third-order valence-corrected chi connectivity index (χ3v) is 5.66. The van der Waals surface area contributed by atoms with E-state index in [0.717, 1.165) is 18.2 Å². The van der Waals surface area contributed by atoms with Crippen LogP contribution in [-0.2, 0) is 4.74 Å². The molecular weight excluding hydrogens is 418 g/mol. The number of anilines is 1. The molecule has 5 rings (SSSR count). The van der Waals surface area contributed by atoms with Crippen molar-refractivity contribution in [1.82, 2.24) is 14.6 Å². The Hall–Kier alpha value is -3.59. The van der Waals surface area contributed by atoms with Crippen LogP contribution in [-0.4, -0.2) is 44.9 Å². The van der Waals surface area contributed by atoms with Gasteiger partial charge in [0.05, 0.1) is 29.8 Å². The molecular formula is C23H20F2N4O3. The number of carbonyl (C=O) groups excluding carboxylic acids is 1. The molecule has 1 aliphatic heterocycles. The maximum absolute atomic E-state index is 14.5. The molecule has 9 heteroatoms. The summed E-state index contributed by atoms with van der Waals surface area (Å²) in [6.07, 6.45) is 1.25. The van der Waals surface area contributed by atoms with E-state index in [9.17, 15) is 18.7 Å². The monoisotopic (exact) mass is 438 g/mol. The number of halogens is 2. The van der Waals surface area contributed by atoms with E-state index in [0.29, 0.717) is 27.9 Å². The molecule has 32 heavy (non-hydrogen) atoms. The summed E-state index contributed by atoms with van der Waals surface area (Å²) < 4.78 is 35.0. The molecule has 164 valence electrons. The van der Waals surface area contributed by atoms with Crippen molar-refractivity contribution in [2.45, 2.75) is 25.5 Å². The number of hydrogen-bond donors (Lipinski definition) is 1. The number of aromatic nitrogens is 3. The Morgan fingerprint density at radius 3 is 2.88 bits per heavy atom. The van der Waals surface area contributed by atoms with Gasteiger partial charge in [-0.25, -0.2) is 23.1 Å². The van der Waals surface area contributed by atoms with Gasteiger partial charge in [-0.1, -0.05) is 0 Å². The van der Waals surface area contributed by atoms with Gasteiger partial charge in [-0.2, -0.15) is 5.10 Å². The molecule has 1 N–H and O–H groups in total. The molecule has 1 fully saturated rings. The molecule has 4 aromatic rings. The van der Waals surface area contributed by atoms with Gasteiger partial charge in [-0.05, 0) is 55.8 Å². The van der Waals surface area contributed by atoms with Crippen LogP contribution in [0.3, 0.4) is 0 Å². The van der Waals surface area contributed by atoms with Gasteiger partial charge in [0, 0.05) is 23.7 Å². The van der Waals surface area contributed by atoms with E-state index in [1.807, 2.05) is 0 Å². The fourth-order valence-corrected chi connectivity index (χ4v) is 4.22. The SMILES string of the molecule is CCOC(=O)c1ccc2nn3ccc(N4C[C@H](O)CC4c4cc(F)ccc4F)nc3c2c1. The second-order valence-corrected chi connectivity index (χ2v) is 7.73. The van der Waals surface area contributed by atoms with Gasteiger partial charge in [-0.3, -0.25) is 0 Å². The maximum Gasteiger partial charge on any atom is 0.338 e. The predicted molar refractivity (Wildman–Crippen MR) is 114 cm³/mol. The summed E-state index contributed by atoms with van der Waals surface area (Å²) in [6.45, 7) is 2.23. The van der Waals surface area contributed by atoms with Crippen LogP contribution in [0.25, 0.3) is 16.6 Å². The molecule has 3 heterocycles. The van der Waals surface area contributed by atoms with E-state index in [2.05, 4.69) is 5.10 Å². The third-order valence-electron chi connectivity index (χ3n) is 5.66. The lowest BCUT2D eigenvalue weighted by molar-refractivity contribution is 0.0526. The summed E-state index contributed by atoms with van der Waals surface area (Å²) in [5, 5.41) is 15.4. The fraction of sp³-hybridized carbons (Fsp3) is 0.261. The first-order valence-corrected chi connectivity index (χ1v) is 10.3. The molecule has 2 atom stereocenters.